The molecule has 0 aliphatic carbocycles. The molecule has 0 spiro atoms. The van der Waals surface area contributed by atoms with Crippen LogP contribution >= 0.6 is 11.6 Å². The summed E-state index contributed by atoms with van der Waals surface area (Å²) in [4.78, 5) is 43.5. The SMILES string of the molecule is CC(=O)Cl.CC(=O)N1CCCc2cc(-c3cccnc3)cnc21.c1ccncc1.c1cncc(-c2cnc3c(c2)CCCN3)c1. The van der Waals surface area contributed by atoms with E-state index in [1.54, 1.807) is 36.6 Å². The predicted molar refractivity (Wildman–Crippen MR) is 179 cm³/mol. The summed E-state index contributed by atoms with van der Waals surface area (Å²) in [6.07, 6.45) is 18.7. The molecule has 0 saturated heterocycles. The maximum absolute atomic E-state index is 11.6. The molecule has 5 aromatic heterocycles. The number of amides is 1. The molecule has 2 aliphatic rings. The zero-order valence-electron chi connectivity index (χ0n) is 25.4. The van der Waals surface area contributed by atoms with Gasteiger partial charge < -0.3 is 5.32 Å². The molecule has 45 heavy (non-hydrogen) atoms. The lowest BCUT2D eigenvalue weighted by Crippen LogP contribution is -2.34. The minimum absolute atomic E-state index is 0.0579. The van der Waals surface area contributed by atoms with E-state index in [0.717, 1.165) is 71.8 Å². The first kappa shape index (κ1) is 32.9. The molecule has 0 radical (unpaired) electrons. The number of carbonyl (C=O) groups is 2. The van der Waals surface area contributed by atoms with Crippen molar-refractivity contribution in [3.05, 3.63) is 115 Å². The molecule has 0 aromatic carbocycles. The molecule has 9 nitrogen and oxygen atoms in total. The summed E-state index contributed by atoms with van der Waals surface area (Å²) in [5, 5.41) is 2.95. The van der Waals surface area contributed by atoms with Gasteiger partial charge in [0.15, 0.2) is 0 Å². The number of carbonyl (C=O) groups excluding carboxylic acids is 2. The fourth-order valence-corrected chi connectivity index (χ4v) is 4.81. The fraction of sp³-hybridized carbons (Fsp3) is 0.229. The Morgan fingerprint density at radius 3 is 1.82 bits per heavy atom. The lowest BCUT2D eigenvalue weighted by Gasteiger charge is -2.27. The van der Waals surface area contributed by atoms with Gasteiger partial charge in [0.25, 0.3) is 0 Å². The van der Waals surface area contributed by atoms with Crippen molar-refractivity contribution in [2.75, 3.05) is 23.3 Å². The van der Waals surface area contributed by atoms with Crippen LogP contribution in [0.25, 0.3) is 22.3 Å². The van der Waals surface area contributed by atoms with Crippen LogP contribution in [0, 0.1) is 0 Å². The van der Waals surface area contributed by atoms with Crippen molar-refractivity contribution in [1.29, 1.82) is 0 Å². The van der Waals surface area contributed by atoms with Crippen LogP contribution in [0.3, 0.4) is 0 Å². The van der Waals surface area contributed by atoms with Crippen molar-refractivity contribution < 1.29 is 9.59 Å². The second-order valence-electron chi connectivity index (χ2n) is 10.2. The van der Waals surface area contributed by atoms with E-state index in [2.05, 4.69) is 60.0 Å². The van der Waals surface area contributed by atoms with Crippen LogP contribution in [0.5, 0.6) is 0 Å². The van der Waals surface area contributed by atoms with Gasteiger partial charge in [-0.15, -0.1) is 0 Å². The molecule has 1 N–H and O–H groups in total. The smallest absolute Gasteiger partial charge is 0.225 e. The number of hydrogen-bond donors (Lipinski definition) is 1. The van der Waals surface area contributed by atoms with Crippen LogP contribution in [0.2, 0.25) is 0 Å². The molecule has 0 saturated carbocycles. The average Bonchev–Trinajstić information content (AvgIpc) is 3.09. The number of aromatic nitrogens is 5. The lowest BCUT2D eigenvalue weighted by atomic mass is 10.0. The topological polar surface area (TPSA) is 114 Å². The van der Waals surface area contributed by atoms with Crippen LogP contribution in [0.1, 0.15) is 37.8 Å². The standard InChI is InChI=1S/C15H15N3O.C13H13N3.C5H5N.C2H3ClO/c1-11(19)18-7-3-5-12-8-14(10-17-15(12)18)13-4-2-6-16-9-13;1-4-11(8-14-5-1)12-7-10-3-2-6-15-13(10)16-9-12;1-2-4-6-5-3-1;1-2(3)4/h2,4,6,8-10H,3,5,7H2,1H3;1,4-5,7-9H,2-3,6H2,(H,15,16);1-5H;1H3. The van der Waals surface area contributed by atoms with Gasteiger partial charge in [0.1, 0.15) is 11.6 Å². The Kier molecular flexibility index (Phi) is 12.7. The first-order valence-corrected chi connectivity index (χ1v) is 15.1. The third kappa shape index (κ3) is 10.3. The van der Waals surface area contributed by atoms with E-state index in [0.29, 0.717) is 0 Å². The maximum Gasteiger partial charge on any atom is 0.225 e. The normalized spacial score (nSPS) is 12.6. The van der Waals surface area contributed by atoms with Crippen LogP contribution in [0.4, 0.5) is 11.6 Å². The Bertz CT molecular complexity index is 1620. The van der Waals surface area contributed by atoms with Gasteiger partial charge in [0.05, 0.1) is 0 Å². The van der Waals surface area contributed by atoms with Gasteiger partial charge in [0, 0.05) is 98.8 Å². The van der Waals surface area contributed by atoms with Gasteiger partial charge in [-0.2, -0.15) is 0 Å². The molecule has 230 valence electrons. The highest BCUT2D eigenvalue weighted by atomic mass is 35.5. The Hall–Kier alpha value is -5.02. The molecule has 7 rings (SSSR count). The third-order valence-electron chi connectivity index (χ3n) is 6.84. The second-order valence-corrected chi connectivity index (χ2v) is 10.8. The van der Waals surface area contributed by atoms with Crippen molar-refractivity contribution in [2.24, 2.45) is 0 Å². The summed E-state index contributed by atoms with van der Waals surface area (Å²) in [5.41, 5.74) is 6.84. The number of fused-ring (bicyclic) bond motifs is 2. The van der Waals surface area contributed by atoms with E-state index in [9.17, 15) is 9.59 Å². The molecule has 7 heterocycles. The van der Waals surface area contributed by atoms with Gasteiger partial charge >= 0.3 is 0 Å². The number of rotatable bonds is 2. The molecule has 10 heteroatoms. The summed E-state index contributed by atoms with van der Waals surface area (Å²) < 4.78 is 0. The number of pyridine rings is 5. The largest absolute Gasteiger partial charge is 0.370 e. The lowest BCUT2D eigenvalue weighted by molar-refractivity contribution is -0.116. The molecule has 5 aromatic rings. The van der Waals surface area contributed by atoms with Crippen molar-refractivity contribution in [2.45, 2.75) is 39.5 Å². The number of anilines is 2. The molecule has 0 atom stereocenters. The van der Waals surface area contributed by atoms with Gasteiger partial charge in [-0.25, -0.2) is 9.97 Å². The van der Waals surface area contributed by atoms with Crippen LogP contribution in [0.15, 0.2) is 104 Å². The summed E-state index contributed by atoms with van der Waals surface area (Å²) in [6.45, 7) is 4.68. The van der Waals surface area contributed by atoms with Crippen molar-refractivity contribution in [1.82, 2.24) is 24.9 Å². The Morgan fingerprint density at radius 2 is 1.29 bits per heavy atom. The van der Waals surface area contributed by atoms with Crippen LogP contribution < -0.4 is 10.2 Å². The first-order valence-electron chi connectivity index (χ1n) is 14.7. The molecule has 0 unspecified atom stereocenters. The zero-order chi connectivity index (χ0) is 31.9. The quantitative estimate of drug-likeness (QED) is 0.214. The van der Waals surface area contributed by atoms with Gasteiger partial charge in [-0.05, 0) is 84.8 Å². The Morgan fingerprint density at radius 1 is 0.711 bits per heavy atom. The van der Waals surface area contributed by atoms with Crippen molar-refractivity contribution in [3.63, 3.8) is 0 Å². The third-order valence-corrected chi connectivity index (χ3v) is 6.84. The summed E-state index contributed by atoms with van der Waals surface area (Å²) >= 11 is 4.64. The molecule has 2 aliphatic heterocycles. The van der Waals surface area contributed by atoms with E-state index < -0.39 is 0 Å². The van der Waals surface area contributed by atoms with Crippen LogP contribution in [-0.4, -0.2) is 49.2 Å². The highest BCUT2D eigenvalue weighted by molar-refractivity contribution is 6.62. The molecule has 1 amide bonds. The number of aryl methyl sites for hydroxylation is 2. The number of nitrogens with one attached hydrogen (secondary N) is 1. The highest BCUT2D eigenvalue weighted by Gasteiger charge is 2.21. The summed E-state index contributed by atoms with van der Waals surface area (Å²) in [6, 6.07) is 18.0. The predicted octanol–water partition coefficient (Wildman–Crippen LogP) is 6.80. The summed E-state index contributed by atoms with van der Waals surface area (Å²) in [7, 11) is 0. The molecular formula is C35H36ClN7O2. The van der Waals surface area contributed by atoms with E-state index >= 15 is 0 Å². The van der Waals surface area contributed by atoms with Gasteiger partial charge in [-0.3, -0.25) is 29.4 Å². The number of hydrogen-bond acceptors (Lipinski definition) is 8. The Labute approximate surface area is 268 Å². The van der Waals surface area contributed by atoms with E-state index in [4.69, 9.17) is 0 Å². The van der Waals surface area contributed by atoms with E-state index in [-0.39, 0.29) is 11.1 Å². The second kappa shape index (κ2) is 17.3. The van der Waals surface area contributed by atoms with E-state index in [1.807, 2.05) is 61.2 Å². The molecule has 0 bridgehead atoms. The average molecular weight is 622 g/mol. The van der Waals surface area contributed by atoms with Crippen molar-refractivity contribution in [3.8, 4) is 22.3 Å². The Balaban J connectivity index is 0.000000159. The fourth-order valence-electron chi connectivity index (χ4n) is 4.81. The maximum atomic E-state index is 11.6. The van der Waals surface area contributed by atoms with Gasteiger partial charge in [-0.1, -0.05) is 18.2 Å². The zero-order valence-corrected chi connectivity index (χ0v) is 26.2. The van der Waals surface area contributed by atoms with Crippen LogP contribution in [-0.2, 0) is 22.4 Å². The molecule has 0 fully saturated rings. The van der Waals surface area contributed by atoms with Crippen molar-refractivity contribution >= 4 is 34.4 Å². The highest BCUT2D eigenvalue weighted by Crippen LogP contribution is 2.29. The summed E-state index contributed by atoms with van der Waals surface area (Å²) in [5.74, 6) is 1.91. The minimum Gasteiger partial charge on any atom is -0.370 e. The minimum atomic E-state index is -0.361. The van der Waals surface area contributed by atoms with Gasteiger partial charge in [0.2, 0.25) is 11.1 Å². The first-order chi connectivity index (χ1) is 21.9. The number of nitrogens with zero attached hydrogens (tertiary/aromatic N) is 6. The number of halogens is 1. The van der Waals surface area contributed by atoms with E-state index in [1.165, 1.54) is 18.9 Å². The monoisotopic (exact) mass is 621 g/mol. The molecular weight excluding hydrogens is 586 g/mol.